The van der Waals surface area contributed by atoms with Gasteiger partial charge in [0.2, 0.25) is 0 Å². The Hall–Kier alpha value is -1.46. The van der Waals surface area contributed by atoms with Gasteiger partial charge in [0.25, 0.3) is 0 Å². The molecule has 5 heteroatoms. The van der Waals surface area contributed by atoms with Crippen molar-refractivity contribution in [3.8, 4) is 5.75 Å². The predicted molar refractivity (Wildman–Crippen MR) is 77.6 cm³/mol. The van der Waals surface area contributed by atoms with Crippen LogP contribution in [0, 0.1) is 0 Å². The Morgan fingerprint density at radius 3 is 2.89 bits per heavy atom. The van der Waals surface area contributed by atoms with Crippen LogP contribution < -0.4 is 15.8 Å². The number of ether oxygens (including phenoxy) is 2. The lowest BCUT2D eigenvalue weighted by atomic mass is 10.2. The summed E-state index contributed by atoms with van der Waals surface area (Å²) in [5, 5.41) is 12.7. The third-order valence-corrected chi connectivity index (χ3v) is 2.68. The highest BCUT2D eigenvalue weighted by molar-refractivity contribution is 5.72. The molecule has 0 aliphatic rings. The van der Waals surface area contributed by atoms with E-state index in [0.717, 1.165) is 12.1 Å². The number of anilines is 2. The number of para-hydroxylation sites is 1. The topological polar surface area (TPSA) is 76.7 Å². The minimum absolute atomic E-state index is 0.344. The number of benzene rings is 1. The van der Waals surface area contributed by atoms with E-state index in [1.165, 1.54) is 0 Å². The molecule has 0 saturated heterocycles. The molecule has 0 aromatic heterocycles. The van der Waals surface area contributed by atoms with Crippen LogP contribution in [0.4, 0.5) is 11.4 Å². The SMILES string of the molecule is CCCOc1cccc(NCCC(O)COC)c1N. The molecular weight excluding hydrogens is 244 g/mol. The van der Waals surface area contributed by atoms with E-state index in [1.807, 2.05) is 18.2 Å². The molecule has 0 fully saturated rings. The van der Waals surface area contributed by atoms with Crippen LogP contribution in [-0.2, 0) is 4.74 Å². The molecule has 1 unspecified atom stereocenters. The van der Waals surface area contributed by atoms with E-state index in [2.05, 4.69) is 12.2 Å². The molecule has 1 aromatic carbocycles. The van der Waals surface area contributed by atoms with E-state index in [9.17, 15) is 5.11 Å². The molecule has 0 aliphatic heterocycles. The maximum Gasteiger partial charge on any atom is 0.144 e. The molecule has 1 aromatic rings. The largest absolute Gasteiger partial charge is 0.491 e. The van der Waals surface area contributed by atoms with Gasteiger partial charge in [-0.2, -0.15) is 0 Å². The van der Waals surface area contributed by atoms with E-state index >= 15 is 0 Å². The zero-order valence-corrected chi connectivity index (χ0v) is 11.7. The van der Waals surface area contributed by atoms with Crippen molar-refractivity contribution in [2.24, 2.45) is 0 Å². The van der Waals surface area contributed by atoms with Crippen molar-refractivity contribution in [1.29, 1.82) is 0 Å². The summed E-state index contributed by atoms with van der Waals surface area (Å²) in [6, 6.07) is 5.65. The van der Waals surface area contributed by atoms with Crippen molar-refractivity contribution >= 4 is 11.4 Å². The fourth-order valence-corrected chi connectivity index (χ4v) is 1.69. The van der Waals surface area contributed by atoms with Gasteiger partial charge in [-0.3, -0.25) is 0 Å². The van der Waals surface area contributed by atoms with Crippen LogP contribution in [0.2, 0.25) is 0 Å². The van der Waals surface area contributed by atoms with E-state index in [1.54, 1.807) is 7.11 Å². The minimum atomic E-state index is -0.460. The normalized spacial score (nSPS) is 12.2. The Morgan fingerprint density at radius 1 is 1.42 bits per heavy atom. The van der Waals surface area contributed by atoms with Crippen LogP contribution in [0.1, 0.15) is 19.8 Å². The van der Waals surface area contributed by atoms with Gasteiger partial charge < -0.3 is 25.6 Å². The molecule has 0 saturated carbocycles. The van der Waals surface area contributed by atoms with Crippen molar-refractivity contribution in [2.45, 2.75) is 25.9 Å². The van der Waals surface area contributed by atoms with Gasteiger partial charge in [0.05, 0.1) is 30.7 Å². The van der Waals surface area contributed by atoms with Crippen LogP contribution in [0.5, 0.6) is 5.75 Å². The number of aliphatic hydroxyl groups excluding tert-OH is 1. The number of nitrogens with two attached hydrogens (primary N) is 1. The Labute approximate surface area is 114 Å². The monoisotopic (exact) mass is 268 g/mol. The lowest BCUT2D eigenvalue weighted by molar-refractivity contribution is 0.0615. The number of methoxy groups -OCH3 is 1. The summed E-state index contributed by atoms with van der Waals surface area (Å²) in [6.45, 7) is 3.68. The quantitative estimate of drug-likeness (QED) is 0.596. The van der Waals surface area contributed by atoms with E-state index in [0.29, 0.717) is 37.6 Å². The molecule has 0 heterocycles. The van der Waals surface area contributed by atoms with Crippen molar-refractivity contribution in [3.05, 3.63) is 18.2 Å². The molecule has 19 heavy (non-hydrogen) atoms. The van der Waals surface area contributed by atoms with Crippen molar-refractivity contribution in [2.75, 3.05) is 37.9 Å². The highest BCUT2D eigenvalue weighted by Crippen LogP contribution is 2.29. The van der Waals surface area contributed by atoms with Crippen LogP contribution in [0.3, 0.4) is 0 Å². The van der Waals surface area contributed by atoms with E-state index < -0.39 is 6.10 Å². The smallest absolute Gasteiger partial charge is 0.144 e. The third-order valence-electron chi connectivity index (χ3n) is 2.68. The van der Waals surface area contributed by atoms with Gasteiger partial charge in [0, 0.05) is 13.7 Å². The number of rotatable bonds is 9. The number of nitrogens with one attached hydrogen (secondary N) is 1. The van der Waals surface area contributed by atoms with E-state index in [-0.39, 0.29) is 0 Å². The highest BCUT2D eigenvalue weighted by Gasteiger charge is 2.07. The second-order valence-corrected chi connectivity index (χ2v) is 4.39. The number of hydrogen-bond acceptors (Lipinski definition) is 5. The van der Waals surface area contributed by atoms with Crippen molar-refractivity contribution < 1.29 is 14.6 Å². The zero-order valence-electron chi connectivity index (χ0n) is 11.7. The first-order valence-corrected chi connectivity index (χ1v) is 6.61. The average molecular weight is 268 g/mol. The third kappa shape index (κ3) is 5.36. The van der Waals surface area contributed by atoms with Gasteiger partial charge in [-0.05, 0) is 25.0 Å². The molecular formula is C14H24N2O3. The van der Waals surface area contributed by atoms with E-state index in [4.69, 9.17) is 15.2 Å². The fourth-order valence-electron chi connectivity index (χ4n) is 1.69. The summed E-state index contributed by atoms with van der Waals surface area (Å²) in [4.78, 5) is 0. The average Bonchev–Trinajstić information content (AvgIpc) is 2.40. The lowest BCUT2D eigenvalue weighted by Gasteiger charge is -2.15. The van der Waals surface area contributed by atoms with Crippen molar-refractivity contribution in [3.63, 3.8) is 0 Å². The Kier molecular flexibility index (Phi) is 7.07. The molecule has 1 atom stereocenters. The first-order valence-electron chi connectivity index (χ1n) is 6.61. The minimum Gasteiger partial charge on any atom is -0.491 e. The summed E-state index contributed by atoms with van der Waals surface area (Å²) < 4.78 is 10.4. The lowest BCUT2D eigenvalue weighted by Crippen LogP contribution is -2.18. The molecule has 0 bridgehead atoms. The first kappa shape index (κ1) is 15.6. The molecule has 0 spiro atoms. The number of nitrogen functional groups attached to an aromatic ring is 1. The molecule has 1 rings (SSSR count). The summed E-state index contributed by atoms with van der Waals surface area (Å²) >= 11 is 0. The molecule has 4 N–H and O–H groups in total. The van der Waals surface area contributed by atoms with Gasteiger partial charge in [0.15, 0.2) is 0 Å². The highest BCUT2D eigenvalue weighted by atomic mass is 16.5. The zero-order chi connectivity index (χ0) is 14.1. The second-order valence-electron chi connectivity index (χ2n) is 4.39. The van der Waals surface area contributed by atoms with Crippen LogP contribution >= 0.6 is 0 Å². The Balaban J connectivity index is 2.49. The summed E-state index contributed by atoms with van der Waals surface area (Å²) in [7, 11) is 1.57. The van der Waals surface area contributed by atoms with Gasteiger partial charge in [-0.25, -0.2) is 0 Å². The number of aliphatic hydroxyl groups is 1. The van der Waals surface area contributed by atoms with Gasteiger partial charge in [0.1, 0.15) is 5.75 Å². The predicted octanol–water partition coefficient (Wildman–Crippen LogP) is 1.87. The fraction of sp³-hybridized carbons (Fsp3) is 0.571. The second kappa shape index (κ2) is 8.61. The van der Waals surface area contributed by atoms with Crippen molar-refractivity contribution in [1.82, 2.24) is 0 Å². The standard InChI is InChI=1S/C14H24N2O3/c1-3-9-19-13-6-4-5-12(14(13)15)16-8-7-11(17)10-18-2/h4-6,11,16-17H,3,7-10,15H2,1-2H3. The number of hydrogen-bond donors (Lipinski definition) is 3. The van der Waals surface area contributed by atoms with Crippen LogP contribution in [0.15, 0.2) is 18.2 Å². The summed E-state index contributed by atoms with van der Waals surface area (Å²) in [5.74, 6) is 0.698. The molecule has 108 valence electrons. The molecule has 5 nitrogen and oxygen atoms in total. The van der Waals surface area contributed by atoms with Crippen LogP contribution in [-0.4, -0.2) is 38.1 Å². The summed E-state index contributed by atoms with van der Waals surface area (Å²) in [5.41, 5.74) is 7.47. The first-order chi connectivity index (χ1) is 9.19. The van der Waals surface area contributed by atoms with Gasteiger partial charge in [-0.15, -0.1) is 0 Å². The summed E-state index contributed by atoms with van der Waals surface area (Å²) in [6.07, 6.45) is 1.09. The maximum absolute atomic E-state index is 9.55. The Bertz CT molecular complexity index is 372. The van der Waals surface area contributed by atoms with Gasteiger partial charge in [-0.1, -0.05) is 13.0 Å². The molecule has 0 radical (unpaired) electrons. The maximum atomic E-state index is 9.55. The Morgan fingerprint density at radius 2 is 2.21 bits per heavy atom. The van der Waals surface area contributed by atoms with Crippen LogP contribution in [0.25, 0.3) is 0 Å². The molecule has 0 aliphatic carbocycles. The molecule has 0 amide bonds. The van der Waals surface area contributed by atoms with Gasteiger partial charge >= 0.3 is 0 Å².